The van der Waals surface area contributed by atoms with Crippen molar-refractivity contribution in [2.75, 3.05) is 5.73 Å². The summed E-state index contributed by atoms with van der Waals surface area (Å²) >= 11 is 17.7. The molecule has 0 unspecified atom stereocenters. The quantitative estimate of drug-likeness (QED) is 0.734. The van der Waals surface area contributed by atoms with Crippen LogP contribution >= 0.6 is 34.8 Å². The smallest absolute Gasteiger partial charge is 0.0426 e. The molecule has 2 aromatic rings. The first-order chi connectivity index (χ1) is 7.56. The second-order valence-electron chi connectivity index (χ2n) is 3.39. The van der Waals surface area contributed by atoms with E-state index in [0.29, 0.717) is 20.8 Å². The van der Waals surface area contributed by atoms with E-state index < -0.39 is 0 Å². The van der Waals surface area contributed by atoms with Gasteiger partial charge in [-0.3, -0.25) is 0 Å². The third-order valence-electron chi connectivity index (χ3n) is 2.19. The van der Waals surface area contributed by atoms with Gasteiger partial charge in [0, 0.05) is 26.3 Å². The minimum absolute atomic E-state index is 0.580. The lowest BCUT2D eigenvalue weighted by molar-refractivity contribution is 1.61. The second-order valence-corrected chi connectivity index (χ2v) is 4.70. The van der Waals surface area contributed by atoms with Crippen LogP contribution < -0.4 is 5.73 Å². The standard InChI is InChI=1S/C12H8Cl3N/c13-8-1-2-11(12(16)6-8)7-3-9(14)5-10(15)4-7/h1-6H,16H2. The highest BCUT2D eigenvalue weighted by Gasteiger charge is 2.05. The van der Waals surface area contributed by atoms with Gasteiger partial charge in [0.1, 0.15) is 0 Å². The van der Waals surface area contributed by atoms with E-state index in [1.807, 2.05) is 18.2 Å². The van der Waals surface area contributed by atoms with Crippen molar-refractivity contribution in [3.05, 3.63) is 51.5 Å². The van der Waals surface area contributed by atoms with Crippen molar-refractivity contribution in [2.24, 2.45) is 0 Å². The molecule has 0 heterocycles. The van der Waals surface area contributed by atoms with E-state index in [1.54, 1.807) is 18.2 Å². The average Bonchev–Trinajstić information content (AvgIpc) is 2.15. The minimum atomic E-state index is 0.580. The van der Waals surface area contributed by atoms with Crippen LogP contribution in [0.1, 0.15) is 0 Å². The van der Waals surface area contributed by atoms with Crippen LogP contribution in [0.15, 0.2) is 36.4 Å². The van der Waals surface area contributed by atoms with Crippen LogP contribution in [0.4, 0.5) is 5.69 Å². The Kier molecular flexibility index (Phi) is 3.29. The molecule has 0 saturated heterocycles. The molecule has 0 aliphatic carbocycles. The summed E-state index contributed by atoms with van der Waals surface area (Å²) in [7, 11) is 0. The van der Waals surface area contributed by atoms with Crippen molar-refractivity contribution < 1.29 is 0 Å². The topological polar surface area (TPSA) is 26.0 Å². The van der Waals surface area contributed by atoms with Crippen molar-refractivity contribution in [3.8, 4) is 11.1 Å². The van der Waals surface area contributed by atoms with Gasteiger partial charge in [-0.05, 0) is 35.9 Å². The Balaban J connectivity index is 2.58. The van der Waals surface area contributed by atoms with E-state index in [4.69, 9.17) is 40.5 Å². The van der Waals surface area contributed by atoms with E-state index in [-0.39, 0.29) is 0 Å². The summed E-state index contributed by atoms with van der Waals surface area (Å²) in [4.78, 5) is 0. The molecule has 0 fully saturated rings. The monoisotopic (exact) mass is 271 g/mol. The van der Waals surface area contributed by atoms with Gasteiger partial charge in [-0.2, -0.15) is 0 Å². The molecule has 0 spiro atoms. The fourth-order valence-corrected chi connectivity index (χ4v) is 2.21. The fourth-order valence-electron chi connectivity index (χ4n) is 1.51. The average molecular weight is 273 g/mol. The lowest BCUT2D eigenvalue weighted by atomic mass is 10.0. The van der Waals surface area contributed by atoms with E-state index in [0.717, 1.165) is 11.1 Å². The lowest BCUT2D eigenvalue weighted by Crippen LogP contribution is -1.89. The Morgan fingerprint density at radius 1 is 0.750 bits per heavy atom. The molecule has 2 N–H and O–H groups in total. The predicted molar refractivity (Wildman–Crippen MR) is 71.3 cm³/mol. The van der Waals surface area contributed by atoms with E-state index in [1.165, 1.54) is 0 Å². The molecule has 2 rings (SSSR count). The summed E-state index contributed by atoms with van der Waals surface area (Å²) < 4.78 is 0. The molecule has 0 radical (unpaired) electrons. The first-order valence-corrected chi connectivity index (χ1v) is 5.71. The number of benzene rings is 2. The number of halogens is 3. The van der Waals surface area contributed by atoms with Gasteiger partial charge >= 0.3 is 0 Å². The Hall–Kier alpha value is -0.890. The minimum Gasteiger partial charge on any atom is -0.398 e. The molecule has 0 saturated carbocycles. The maximum Gasteiger partial charge on any atom is 0.0426 e. The summed E-state index contributed by atoms with van der Waals surface area (Å²) in [6.45, 7) is 0. The van der Waals surface area contributed by atoms with Crippen LogP contribution in [0.5, 0.6) is 0 Å². The summed E-state index contributed by atoms with van der Waals surface area (Å²) in [5.74, 6) is 0. The summed E-state index contributed by atoms with van der Waals surface area (Å²) in [6.07, 6.45) is 0. The highest BCUT2D eigenvalue weighted by Crippen LogP contribution is 2.32. The zero-order chi connectivity index (χ0) is 11.7. The van der Waals surface area contributed by atoms with Crippen molar-refractivity contribution in [1.29, 1.82) is 0 Å². The van der Waals surface area contributed by atoms with Gasteiger partial charge in [0.2, 0.25) is 0 Å². The fraction of sp³-hybridized carbons (Fsp3) is 0. The summed E-state index contributed by atoms with van der Waals surface area (Å²) in [5.41, 5.74) is 8.24. The van der Waals surface area contributed by atoms with Gasteiger partial charge in [-0.15, -0.1) is 0 Å². The van der Waals surface area contributed by atoms with Crippen molar-refractivity contribution >= 4 is 40.5 Å². The van der Waals surface area contributed by atoms with E-state index in [2.05, 4.69) is 0 Å². The number of nitrogen functional groups attached to an aromatic ring is 1. The van der Waals surface area contributed by atoms with Crippen molar-refractivity contribution in [2.45, 2.75) is 0 Å². The largest absolute Gasteiger partial charge is 0.398 e. The van der Waals surface area contributed by atoms with Crippen LogP contribution in [0.3, 0.4) is 0 Å². The third-order valence-corrected chi connectivity index (χ3v) is 2.86. The first kappa shape index (κ1) is 11.6. The molecule has 0 aliphatic rings. The van der Waals surface area contributed by atoms with Gasteiger partial charge in [0.25, 0.3) is 0 Å². The maximum atomic E-state index is 5.93. The Labute approximate surface area is 109 Å². The van der Waals surface area contributed by atoms with Crippen LogP contribution in [0.2, 0.25) is 15.1 Å². The van der Waals surface area contributed by atoms with Crippen molar-refractivity contribution in [1.82, 2.24) is 0 Å². The van der Waals surface area contributed by atoms with E-state index >= 15 is 0 Å². The van der Waals surface area contributed by atoms with Gasteiger partial charge < -0.3 is 5.73 Å². The number of nitrogens with two attached hydrogens (primary N) is 1. The van der Waals surface area contributed by atoms with Gasteiger partial charge in [0.05, 0.1) is 0 Å². The van der Waals surface area contributed by atoms with Crippen LogP contribution in [0.25, 0.3) is 11.1 Å². The maximum absolute atomic E-state index is 5.93. The SMILES string of the molecule is Nc1cc(Cl)ccc1-c1cc(Cl)cc(Cl)c1. The molecule has 1 nitrogen and oxygen atoms in total. The Morgan fingerprint density at radius 3 is 1.94 bits per heavy atom. The van der Waals surface area contributed by atoms with Gasteiger partial charge in [-0.25, -0.2) is 0 Å². The van der Waals surface area contributed by atoms with Crippen LogP contribution in [-0.2, 0) is 0 Å². The lowest BCUT2D eigenvalue weighted by Gasteiger charge is -2.07. The van der Waals surface area contributed by atoms with Crippen LogP contribution in [0, 0.1) is 0 Å². The normalized spacial score (nSPS) is 10.4. The molecule has 0 bridgehead atoms. The highest BCUT2D eigenvalue weighted by molar-refractivity contribution is 6.35. The molecule has 0 atom stereocenters. The Morgan fingerprint density at radius 2 is 1.38 bits per heavy atom. The number of hydrogen-bond donors (Lipinski definition) is 1. The number of hydrogen-bond acceptors (Lipinski definition) is 1. The van der Waals surface area contributed by atoms with Gasteiger partial charge in [0.15, 0.2) is 0 Å². The molecular weight excluding hydrogens is 264 g/mol. The predicted octanol–water partition coefficient (Wildman–Crippen LogP) is 4.90. The molecule has 0 aliphatic heterocycles. The second kappa shape index (κ2) is 4.54. The summed E-state index contributed by atoms with van der Waals surface area (Å²) in [5, 5.41) is 1.77. The van der Waals surface area contributed by atoms with Crippen molar-refractivity contribution in [3.63, 3.8) is 0 Å². The first-order valence-electron chi connectivity index (χ1n) is 4.58. The zero-order valence-corrected chi connectivity index (χ0v) is 10.4. The highest BCUT2D eigenvalue weighted by atomic mass is 35.5. The summed E-state index contributed by atoms with van der Waals surface area (Å²) in [6, 6.07) is 10.6. The van der Waals surface area contributed by atoms with Gasteiger partial charge in [-0.1, -0.05) is 40.9 Å². The molecule has 4 heteroatoms. The zero-order valence-electron chi connectivity index (χ0n) is 8.18. The number of anilines is 1. The third kappa shape index (κ3) is 2.43. The Bertz CT molecular complexity index is 518. The molecule has 82 valence electrons. The molecular formula is C12H8Cl3N. The van der Waals surface area contributed by atoms with E-state index in [9.17, 15) is 0 Å². The molecule has 0 aromatic heterocycles. The molecule has 16 heavy (non-hydrogen) atoms. The van der Waals surface area contributed by atoms with Crippen LogP contribution in [-0.4, -0.2) is 0 Å². The number of rotatable bonds is 1. The molecule has 2 aromatic carbocycles. The molecule has 0 amide bonds.